The van der Waals surface area contributed by atoms with Crippen molar-refractivity contribution < 1.29 is 4.74 Å². The summed E-state index contributed by atoms with van der Waals surface area (Å²) >= 11 is 0. The average Bonchev–Trinajstić information content (AvgIpc) is 3.15. The van der Waals surface area contributed by atoms with Crippen LogP contribution in [-0.4, -0.2) is 9.97 Å². The number of unbranched alkanes of at least 4 members (excludes halogenated alkanes) is 12. The van der Waals surface area contributed by atoms with Gasteiger partial charge in [0, 0.05) is 11.4 Å². The summed E-state index contributed by atoms with van der Waals surface area (Å²) in [5, 5.41) is 0. The van der Waals surface area contributed by atoms with Crippen molar-refractivity contribution >= 4 is 0 Å². The van der Waals surface area contributed by atoms with Crippen LogP contribution in [0.25, 0.3) is 0 Å². The first-order chi connectivity index (χ1) is 25.1. The summed E-state index contributed by atoms with van der Waals surface area (Å²) in [6.45, 7) is 9.24. The summed E-state index contributed by atoms with van der Waals surface area (Å²) in [7, 11) is 0. The van der Waals surface area contributed by atoms with Crippen LogP contribution in [0.3, 0.4) is 0 Å². The minimum atomic E-state index is 0.787. The van der Waals surface area contributed by atoms with E-state index in [1.54, 1.807) is 0 Å². The van der Waals surface area contributed by atoms with Gasteiger partial charge in [0.25, 0.3) is 0 Å². The van der Waals surface area contributed by atoms with E-state index >= 15 is 0 Å². The summed E-state index contributed by atoms with van der Waals surface area (Å²) in [5.41, 5.74) is 5.54. The number of aryl methyl sites for hydroxylation is 2. The lowest BCUT2D eigenvalue weighted by Gasteiger charge is -2.29. The van der Waals surface area contributed by atoms with Gasteiger partial charge in [0.15, 0.2) is 0 Å². The Morgan fingerprint density at radius 2 is 0.804 bits per heavy atom. The number of pyridine rings is 2. The molecule has 0 aromatic carbocycles. The number of nitrogens with zero attached hydrogens (tertiary/aromatic N) is 2. The predicted molar refractivity (Wildman–Crippen MR) is 220 cm³/mol. The van der Waals surface area contributed by atoms with Crippen LogP contribution in [-0.2, 0) is 25.7 Å². The molecule has 51 heavy (non-hydrogen) atoms. The van der Waals surface area contributed by atoms with E-state index in [4.69, 9.17) is 14.7 Å². The Hall–Kier alpha value is -1.90. The minimum Gasteiger partial charge on any atom is -0.454 e. The van der Waals surface area contributed by atoms with Crippen LogP contribution in [0, 0.1) is 23.7 Å². The normalized spacial score (nSPS) is 20.9. The van der Waals surface area contributed by atoms with Crippen molar-refractivity contribution in [3.05, 3.63) is 47.0 Å². The van der Waals surface area contributed by atoms with Crippen molar-refractivity contribution in [2.24, 2.45) is 23.7 Å². The fourth-order valence-electron chi connectivity index (χ4n) is 9.31. The Bertz CT molecular complexity index is 1080. The highest BCUT2D eigenvalue weighted by atomic mass is 16.5. The van der Waals surface area contributed by atoms with Gasteiger partial charge < -0.3 is 4.74 Å². The molecule has 288 valence electrons. The van der Waals surface area contributed by atoms with Crippen LogP contribution in [0.1, 0.15) is 217 Å². The van der Waals surface area contributed by atoms with E-state index < -0.39 is 0 Å². The molecule has 4 rings (SSSR count). The Labute approximate surface area is 316 Å². The summed E-state index contributed by atoms with van der Waals surface area (Å²) in [6.07, 6.45) is 44.2. The molecule has 0 unspecified atom stereocenters. The van der Waals surface area contributed by atoms with Crippen LogP contribution >= 0.6 is 0 Å². The summed E-state index contributed by atoms with van der Waals surface area (Å²) in [5.74, 6) is 5.30. The van der Waals surface area contributed by atoms with Crippen molar-refractivity contribution in [3.63, 3.8) is 0 Å². The minimum absolute atomic E-state index is 0.787. The van der Waals surface area contributed by atoms with E-state index in [0.29, 0.717) is 0 Å². The molecule has 3 heteroatoms. The van der Waals surface area contributed by atoms with E-state index in [2.05, 4.69) is 39.8 Å². The topological polar surface area (TPSA) is 35.0 Å². The highest BCUT2D eigenvalue weighted by Gasteiger charge is 2.24. The number of hydrogen-bond acceptors (Lipinski definition) is 3. The van der Waals surface area contributed by atoms with Gasteiger partial charge in [0.1, 0.15) is 11.5 Å². The van der Waals surface area contributed by atoms with Gasteiger partial charge in [0.05, 0.1) is 12.4 Å². The molecular weight excluding hydrogens is 621 g/mol. The molecule has 2 heterocycles. The molecular formula is C48H80N2O. The molecule has 0 aliphatic heterocycles. The third kappa shape index (κ3) is 15.9. The molecule has 2 aliphatic rings. The zero-order chi connectivity index (χ0) is 35.9. The van der Waals surface area contributed by atoms with E-state index in [0.717, 1.165) is 60.9 Å². The molecule has 2 aromatic heterocycles. The number of hydrogen-bond donors (Lipinski definition) is 0. The molecule has 0 N–H and O–H groups in total. The number of ether oxygens (including phenoxy) is 1. The summed E-state index contributed by atoms with van der Waals surface area (Å²) < 4.78 is 6.67. The van der Waals surface area contributed by atoms with Crippen molar-refractivity contribution in [3.8, 4) is 11.5 Å². The van der Waals surface area contributed by atoms with Crippen molar-refractivity contribution in [1.82, 2.24) is 9.97 Å². The first-order valence-corrected chi connectivity index (χ1v) is 22.7. The van der Waals surface area contributed by atoms with E-state index in [9.17, 15) is 0 Å². The molecule has 0 saturated heterocycles. The first-order valence-electron chi connectivity index (χ1n) is 22.7. The fourth-order valence-corrected chi connectivity index (χ4v) is 9.31. The lowest BCUT2D eigenvalue weighted by molar-refractivity contribution is 0.256. The van der Waals surface area contributed by atoms with Gasteiger partial charge in [-0.2, -0.15) is 0 Å². The molecule has 0 spiro atoms. The standard InChI is InChI=1S/C48H80N2O/c1-5-9-13-17-21-39-25-29-41(30-26-39)33-43-35-45(37-49-47(43)23-19-15-11-7-3)51-46-36-44(48(50-38-46)24-20-16-12-8-4)34-42-31-27-40(28-32-42)22-18-14-10-6-2/h35-42H,5-34H2,1-4H3. The van der Waals surface area contributed by atoms with Gasteiger partial charge in [-0.15, -0.1) is 0 Å². The highest BCUT2D eigenvalue weighted by Crippen LogP contribution is 2.37. The first kappa shape index (κ1) is 41.9. The van der Waals surface area contributed by atoms with Crippen LogP contribution in [0.15, 0.2) is 24.5 Å². The molecule has 0 atom stereocenters. The van der Waals surface area contributed by atoms with Gasteiger partial charge in [0.2, 0.25) is 0 Å². The van der Waals surface area contributed by atoms with Crippen LogP contribution in [0.5, 0.6) is 11.5 Å². The van der Waals surface area contributed by atoms with Crippen LogP contribution in [0.2, 0.25) is 0 Å². The molecule has 0 bridgehead atoms. The third-order valence-electron chi connectivity index (χ3n) is 12.7. The van der Waals surface area contributed by atoms with Crippen LogP contribution in [0.4, 0.5) is 0 Å². The largest absolute Gasteiger partial charge is 0.454 e. The Kier molecular flexibility index (Phi) is 20.7. The Morgan fingerprint density at radius 1 is 0.451 bits per heavy atom. The summed E-state index contributed by atoms with van der Waals surface area (Å²) in [4.78, 5) is 10.2. The quantitative estimate of drug-likeness (QED) is 0.0916. The highest BCUT2D eigenvalue weighted by molar-refractivity contribution is 5.36. The molecule has 3 nitrogen and oxygen atoms in total. The van der Waals surface area contributed by atoms with Gasteiger partial charge in [-0.25, -0.2) is 0 Å². The number of rotatable bonds is 26. The van der Waals surface area contributed by atoms with E-state index in [1.807, 2.05) is 12.4 Å². The molecule has 0 amide bonds. The van der Waals surface area contributed by atoms with Gasteiger partial charge in [-0.05, 0) is 111 Å². The van der Waals surface area contributed by atoms with Gasteiger partial charge in [-0.1, -0.05) is 156 Å². The maximum absolute atomic E-state index is 6.67. The molecule has 2 aliphatic carbocycles. The average molecular weight is 701 g/mol. The maximum Gasteiger partial charge on any atom is 0.146 e. The Balaban J connectivity index is 1.41. The molecule has 2 aromatic rings. The van der Waals surface area contributed by atoms with Gasteiger partial charge in [-0.3, -0.25) is 9.97 Å². The second-order valence-corrected chi connectivity index (χ2v) is 17.2. The lowest BCUT2D eigenvalue weighted by atomic mass is 9.77. The van der Waals surface area contributed by atoms with E-state index in [-0.39, 0.29) is 0 Å². The monoisotopic (exact) mass is 701 g/mol. The summed E-state index contributed by atoms with van der Waals surface area (Å²) in [6, 6.07) is 4.72. The zero-order valence-electron chi connectivity index (χ0n) is 34.1. The Morgan fingerprint density at radius 3 is 1.18 bits per heavy atom. The van der Waals surface area contributed by atoms with Crippen molar-refractivity contribution in [2.75, 3.05) is 0 Å². The molecule has 2 saturated carbocycles. The lowest BCUT2D eigenvalue weighted by Crippen LogP contribution is -2.17. The van der Waals surface area contributed by atoms with Crippen LogP contribution < -0.4 is 4.74 Å². The van der Waals surface area contributed by atoms with Crippen molar-refractivity contribution in [1.29, 1.82) is 0 Å². The molecule has 2 fully saturated rings. The fraction of sp³-hybridized carbons (Fsp3) is 0.792. The number of aromatic nitrogens is 2. The predicted octanol–water partition coefficient (Wildman–Crippen LogP) is 15.2. The zero-order valence-corrected chi connectivity index (χ0v) is 34.1. The third-order valence-corrected chi connectivity index (χ3v) is 12.7. The molecule has 0 radical (unpaired) electrons. The second kappa shape index (κ2) is 25.2. The van der Waals surface area contributed by atoms with Crippen molar-refractivity contribution in [2.45, 2.75) is 220 Å². The van der Waals surface area contributed by atoms with Gasteiger partial charge >= 0.3 is 0 Å². The second-order valence-electron chi connectivity index (χ2n) is 17.2. The maximum atomic E-state index is 6.67. The van der Waals surface area contributed by atoms with E-state index in [1.165, 1.54) is 189 Å². The SMILES string of the molecule is CCCCCCc1ncc(Oc2cnc(CCCCCC)c(CC3CCC(CCCCCC)CC3)c2)cc1CC1CCC(CCCCCC)CC1. The smallest absolute Gasteiger partial charge is 0.146 e.